The van der Waals surface area contributed by atoms with E-state index in [1.54, 1.807) is 16.2 Å². The monoisotopic (exact) mass is 297 g/mol. The van der Waals surface area contributed by atoms with Crippen LogP contribution in [0.1, 0.15) is 15.3 Å². The van der Waals surface area contributed by atoms with E-state index in [9.17, 15) is 0 Å². The predicted molar refractivity (Wildman–Crippen MR) is 80.3 cm³/mol. The predicted octanol–water partition coefficient (Wildman–Crippen LogP) is 2.88. The third-order valence-corrected chi connectivity index (χ3v) is 3.96. The zero-order valence-electron chi connectivity index (χ0n) is 11.4. The average molecular weight is 298 g/mol. The molecule has 0 aliphatic heterocycles. The first-order valence-corrected chi connectivity index (χ1v) is 7.04. The van der Waals surface area contributed by atoms with Gasteiger partial charge in [-0.3, -0.25) is 0 Å². The molecular weight excluding hydrogens is 282 g/mol. The van der Waals surface area contributed by atoms with Gasteiger partial charge in [0.2, 0.25) is 17.2 Å². The van der Waals surface area contributed by atoms with Crippen molar-refractivity contribution in [3.63, 3.8) is 0 Å². The van der Waals surface area contributed by atoms with Crippen molar-refractivity contribution in [3.8, 4) is 0 Å². The summed E-state index contributed by atoms with van der Waals surface area (Å²) >= 11 is 7.65. The summed E-state index contributed by atoms with van der Waals surface area (Å²) < 4.78 is 0. The highest BCUT2D eigenvalue weighted by atomic mass is 35.5. The van der Waals surface area contributed by atoms with E-state index in [2.05, 4.69) is 40.2 Å². The first-order chi connectivity index (χ1) is 8.95. The lowest BCUT2D eigenvalue weighted by Crippen LogP contribution is -2.15. The number of anilines is 2. The topological polar surface area (TPSA) is 53.9 Å². The van der Waals surface area contributed by atoms with Gasteiger partial charge < -0.3 is 10.2 Å². The van der Waals surface area contributed by atoms with E-state index < -0.39 is 0 Å². The second-order valence-electron chi connectivity index (χ2n) is 4.43. The first-order valence-electron chi connectivity index (χ1n) is 5.84. The van der Waals surface area contributed by atoms with Gasteiger partial charge in [0, 0.05) is 23.8 Å². The van der Waals surface area contributed by atoms with Gasteiger partial charge >= 0.3 is 0 Å². The second kappa shape index (κ2) is 5.71. The van der Waals surface area contributed by atoms with Crippen LogP contribution in [-0.4, -0.2) is 29.0 Å². The lowest BCUT2D eigenvalue weighted by atomic mass is 10.3. The molecule has 2 aromatic rings. The molecule has 19 heavy (non-hydrogen) atoms. The molecule has 5 nitrogen and oxygen atoms in total. The molecular formula is C12H16ClN5S. The van der Waals surface area contributed by atoms with Crippen LogP contribution >= 0.6 is 22.9 Å². The van der Waals surface area contributed by atoms with Crippen molar-refractivity contribution in [2.24, 2.45) is 0 Å². The van der Waals surface area contributed by atoms with Gasteiger partial charge in [0.05, 0.1) is 6.54 Å². The highest BCUT2D eigenvalue weighted by Crippen LogP contribution is 2.21. The molecule has 0 aliphatic carbocycles. The fourth-order valence-corrected chi connectivity index (χ4v) is 2.67. The zero-order valence-corrected chi connectivity index (χ0v) is 12.9. The molecule has 0 saturated heterocycles. The minimum absolute atomic E-state index is 0.194. The number of aryl methyl sites for hydroxylation is 2. The number of hydrogen-bond donors (Lipinski definition) is 1. The number of halogens is 1. The second-order valence-corrected chi connectivity index (χ2v) is 6.11. The van der Waals surface area contributed by atoms with Crippen molar-refractivity contribution in [3.05, 3.63) is 26.7 Å². The molecule has 0 unspecified atom stereocenters. The Morgan fingerprint density at radius 2 is 2.00 bits per heavy atom. The molecule has 2 heterocycles. The van der Waals surface area contributed by atoms with Crippen LogP contribution in [0.3, 0.4) is 0 Å². The van der Waals surface area contributed by atoms with Crippen LogP contribution < -0.4 is 10.2 Å². The van der Waals surface area contributed by atoms with Gasteiger partial charge in [0.15, 0.2) is 0 Å². The standard InChI is InChI=1S/C12H16ClN5S/c1-7-5-9(19-8(7)2)6-14-11-15-10(13)16-12(17-11)18(3)4/h5H,6H2,1-4H3,(H,14,15,16,17). The van der Waals surface area contributed by atoms with Gasteiger partial charge in [-0.1, -0.05) is 0 Å². The molecule has 0 saturated carbocycles. The zero-order chi connectivity index (χ0) is 14.0. The number of nitrogens with one attached hydrogen (secondary N) is 1. The lowest BCUT2D eigenvalue weighted by Gasteiger charge is -2.11. The molecule has 0 radical (unpaired) electrons. The summed E-state index contributed by atoms with van der Waals surface area (Å²) in [5, 5.41) is 3.37. The minimum Gasteiger partial charge on any atom is -0.349 e. The lowest BCUT2D eigenvalue weighted by molar-refractivity contribution is 0.945. The van der Waals surface area contributed by atoms with E-state index in [-0.39, 0.29) is 5.28 Å². The minimum atomic E-state index is 0.194. The van der Waals surface area contributed by atoms with E-state index in [0.717, 1.165) is 0 Å². The molecule has 1 N–H and O–H groups in total. The molecule has 0 aliphatic rings. The maximum absolute atomic E-state index is 5.88. The third-order valence-electron chi connectivity index (χ3n) is 2.63. The van der Waals surface area contributed by atoms with Crippen LogP contribution in [0, 0.1) is 13.8 Å². The quantitative estimate of drug-likeness (QED) is 0.940. The Bertz CT molecular complexity index is 562. The molecule has 0 atom stereocenters. The van der Waals surface area contributed by atoms with E-state index >= 15 is 0 Å². The van der Waals surface area contributed by atoms with E-state index in [0.29, 0.717) is 18.4 Å². The van der Waals surface area contributed by atoms with Crippen molar-refractivity contribution in [2.75, 3.05) is 24.3 Å². The summed E-state index contributed by atoms with van der Waals surface area (Å²) in [6.07, 6.45) is 0. The Morgan fingerprint density at radius 3 is 2.58 bits per heavy atom. The molecule has 7 heteroatoms. The maximum Gasteiger partial charge on any atom is 0.230 e. The van der Waals surface area contributed by atoms with Crippen LogP contribution in [0.2, 0.25) is 5.28 Å². The van der Waals surface area contributed by atoms with E-state index in [1.807, 2.05) is 14.1 Å². The highest BCUT2D eigenvalue weighted by Gasteiger charge is 2.07. The summed E-state index contributed by atoms with van der Waals surface area (Å²) in [5.41, 5.74) is 1.31. The Labute approximate surface area is 121 Å². The van der Waals surface area contributed by atoms with Crippen molar-refractivity contribution in [1.29, 1.82) is 0 Å². The first kappa shape index (κ1) is 14.0. The SMILES string of the molecule is Cc1cc(CNc2nc(Cl)nc(N(C)C)n2)sc1C. The Kier molecular flexibility index (Phi) is 4.21. The average Bonchev–Trinajstić information content (AvgIpc) is 2.65. The van der Waals surface area contributed by atoms with Crippen LogP contribution in [0.5, 0.6) is 0 Å². The number of nitrogens with zero attached hydrogens (tertiary/aromatic N) is 4. The molecule has 2 rings (SSSR count). The molecule has 102 valence electrons. The van der Waals surface area contributed by atoms with E-state index in [4.69, 9.17) is 11.6 Å². The fraction of sp³-hybridized carbons (Fsp3) is 0.417. The molecule has 0 aromatic carbocycles. The number of rotatable bonds is 4. The number of thiophene rings is 1. The fourth-order valence-electron chi connectivity index (χ4n) is 1.52. The van der Waals surface area contributed by atoms with Gasteiger partial charge in [0.1, 0.15) is 0 Å². The van der Waals surface area contributed by atoms with Gasteiger partial charge in [-0.2, -0.15) is 15.0 Å². The summed E-state index contributed by atoms with van der Waals surface area (Å²) in [5.74, 6) is 1.04. The van der Waals surface area contributed by atoms with Crippen molar-refractivity contribution >= 4 is 34.8 Å². The molecule has 0 bridgehead atoms. The van der Waals surface area contributed by atoms with Crippen LogP contribution in [0.25, 0.3) is 0 Å². The van der Waals surface area contributed by atoms with E-state index in [1.165, 1.54) is 15.3 Å². The Morgan fingerprint density at radius 1 is 1.26 bits per heavy atom. The summed E-state index contributed by atoms with van der Waals surface area (Å²) in [7, 11) is 3.73. The van der Waals surface area contributed by atoms with Gasteiger partial charge in [-0.15, -0.1) is 11.3 Å². The Balaban J connectivity index is 2.11. The number of aromatic nitrogens is 3. The summed E-state index contributed by atoms with van der Waals surface area (Å²) in [4.78, 5) is 16.8. The maximum atomic E-state index is 5.88. The molecule has 0 spiro atoms. The van der Waals surface area contributed by atoms with Crippen molar-refractivity contribution < 1.29 is 0 Å². The molecule has 0 amide bonds. The number of hydrogen-bond acceptors (Lipinski definition) is 6. The summed E-state index contributed by atoms with van der Waals surface area (Å²) in [6.45, 7) is 4.92. The van der Waals surface area contributed by atoms with Gasteiger partial charge in [-0.05, 0) is 37.1 Å². The third kappa shape index (κ3) is 3.54. The Hall–Kier alpha value is -1.40. The smallest absolute Gasteiger partial charge is 0.230 e. The van der Waals surface area contributed by atoms with Gasteiger partial charge in [-0.25, -0.2) is 0 Å². The molecule has 0 fully saturated rings. The highest BCUT2D eigenvalue weighted by molar-refractivity contribution is 7.12. The van der Waals surface area contributed by atoms with Crippen LogP contribution in [0.15, 0.2) is 6.07 Å². The van der Waals surface area contributed by atoms with Gasteiger partial charge in [0.25, 0.3) is 0 Å². The normalized spacial score (nSPS) is 10.6. The van der Waals surface area contributed by atoms with Crippen molar-refractivity contribution in [1.82, 2.24) is 15.0 Å². The molecule has 2 aromatic heterocycles. The summed E-state index contributed by atoms with van der Waals surface area (Å²) in [6, 6.07) is 2.17. The van der Waals surface area contributed by atoms with Crippen LogP contribution in [-0.2, 0) is 6.54 Å². The largest absolute Gasteiger partial charge is 0.349 e. The van der Waals surface area contributed by atoms with Crippen molar-refractivity contribution in [2.45, 2.75) is 20.4 Å². The van der Waals surface area contributed by atoms with Crippen LogP contribution in [0.4, 0.5) is 11.9 Å².